The van der Waals surface area contributed by atoms with Crippen LogP contribution < -0.4 is 20.5 Å². The van der Waals surface area contributed by atoms with Gasteiger partial charge in [-0.25, -0.2) is 4.79 Å². The first-order chi connectivity index (χ1) is 9.93. The fourth-order valence-corrected chi connectivity index (χ4v) is 1.52. The Hall–Kier alpha value is -2.77. The number of methoxy groups -OCH3 is 1. The van der Waals surface area contributed by atoms with Crippen LogP contribution in [0.3, 0.4) is 0 Å². The Kier molecular flexibility index (Phi) is 5.99. The van der Waals surface area contributed by atoms with Gasteiger partial charge >= 0.3 is 5.97 Å². The number of primary amides is 1. The quantitative estimate of drug-likeness (QED) is 0.594. The lowest BCUT2D eigenvalue weighted by atomic mass is 10.2. The summed E-state index contributed by atoms with van der Waals surface area (Å²) in [4.78, 5) is 33.2. The summed E-state index contributed by atoms with van der Waals surface area (Å²) >= 11 is 0. The molecule has 0 bridgehead atoms. The van der Waals surface area contributed by atoms with E-state index in [1.54, 1.807) is 24.3 Å². The Bertz CT molecular complexity index is 531. The van der Waals surface area contributed by atoms with Crippen molar-refractivity contribution in [3.05, 3.63) is 24.3 Å². The lowest BCUT2D eigenvalue weighted by molar-refractivity contribution is -0.143. The minimum absolute atomic E-state index is 0.344. The largest absolute Gasteiger partial charge is 0.493 e. The van der Waals surface area contributed by atoms with Gasteiger partial charge in [0, 0.05) is 0 Å². The number of carbonyl (C=O) groups excluding carboxylic acids is 2. The van der Waals surface area contributed by atoms with Crippen molar-refractivity contribution < 1.29 is 29.0 Å². The van der Waals surface area contributed by atoms with Crippen LogP contribution in [0.1, 0.15) is 6.42 Å². The van der Waals surface area contributed by atoms with Gasteiger partial charge in [-0.15, -0.1) is 0 Å². The zero-order chi connectivity index (χ0) is 15.8. The maximum atomic E-state index is 11.6. The highest BCUT2D eigenvalue weighted by atomic mass is 16.5. The van der Waals surface area contributed by atoms with Gasteiger partial charge < -0.3 is 25.6 Å². The van der Waals surface area contributed by atoms with Crippen molar-refractivity contribution in [1.29, 1.82) is 0 Å². The van der Waals surface area contributed by atoms with Crippen LogP contribution in [0.25, 0.3) is 0 Å². The average Bonchev–Trinajstić information content (AvgIpc) is 2.44. The van der Waals surface area contributed by atoms with Crippen molar-refractivity contribution >= 4 is 17.8 Å². The van der Waals surface area contributed by atoms with Crippen molar-refractivity contribution in [2.24, 2.45) is 5.73 Å². The molecule has 21 heavy (non-hydrogen) atoms. The molecule has 0 aliphatic heterocycles. The zero-order valence-electron chi connectivity index (χ0n) is 11.4. The van der Waals surface area contributed by atoms with E-state index in [4.69, 9.17) is 20.3 Å². The van der Waals surface area contributed by atoms with Gasteiger partial charge in [-0.2, -0.15) is 0 Å². The number of nitrogens with one attached hydrogen (secondary N) is 1. The minimum Gasteiger partial charge on any atom is -0.493 e. The summed E-state index contributed by atoms with van der Waals surface area (Å²) in [5.41, 5.74) is 4.91. The van der Waals surface area contributed by atoms with Gasteiger partial charge in [0.05, 0.1) is 13.5 Å². The Morgan fingerprint density at radius 1 is 1.29 bits per heavy atom. The summed E-state index contributed by atoms with van der Waals surface area (Å²) in [5, 5.41) is 11.0. The van der Waals surface area contributed by atoms with E-state index in [-0.39, 0.29) is 0 Å². The number of para-hydroxylation sites is 2. The molecule has 0 aliphatic rings. The number of hydrogen-bond acceptors (Lipinski definition) is 5. The van der Waals surface area contributed by atoms with Gasteiger partial charge in [0.1, 0.15) is 6.04 Å². The van der Waals surface area contributed by atoms with Gasteiger partial charge in [0.2, 0.25) is 5.91 Å². The predicted molar refractivity (Wildman–Crippen MR) is 71.9 cm³/mol. The first-order valence-electron chi connectivity index (χ1n) is 6.00. The van der Waals surface area contributed by atoms with Crippen LogP contribution in [0, 0.1) is 0 Å². The molecule has 0 aliphatic carbocycles. The standard InChI is InChI=1S/C13H16N2O6/c1-20-9-4-2-3-5-10(9)21-7-12(17)15-8(13(18)19)6-11(14)16/h2-5,8H,6-7H2,1H3,(H2,14,16)(H,15,17)(H,18,19)/t8-/m1/s1. The molecule has 4 N–H and O–H groups in total. The molecule has 1 atom stereocenters. The number of benzene rings is 1. The number of amides is 2. The fourth-order valence-electron chi connectivity index (χ4n) is 1.52. The molecule has 0 spiro atoms. The topological polar surface area (TPSA) is 128 Å². The Balaban J connectivity index is 2.56. The maximum Gasteiger partial charge on any atom is 0.326 e. The Morgan fingerprint density at radius 2 is 1.90 bits per heavy atom. The predicted octanol–water partition coefficient (Wildman–Crippen LogP) is -0.481. The van der Waals surface area contributed by atoms with Gasteiger partial charge in [0.25, 0.3) is 5.91 Å². The number of ether oxygens (including phenoxy) is 2. The molecule has 1 aromatic carbocycles. The van der Waals surface area contributed by atoms with Gasteiger partial charge in [0.15, 0.2) is 18.1 Å². The third-order valence-corrected chi connectivity index (χ3v) is 2.47. The molecule has 0 unspecified atom stereocenters. The normalized spacial score (nSPS) is 11.3. The molecule has 114 valence electrons. The lowest BCUT2D eigenvalue weighted by Gasteiger charge is -2.14. The first kappa shape index (κ1) is 16.3. The number of rotatable bonds is 8. The van der Waals surface area contributed by atoms with Crippen molar-refractivity contribution in [3.63, 3.8) is 0 Å². The van der Waals surface area contributed by atoms with Crippen molar-refractivity contribution in [1.82, 2.24) is 5.32 Å². The van der Waals surface area contributed by atoms with Crippen LogP contribution in [-0.4, -0.2) is 42.6 Å². The van der Waals surface area contributed by atoms with Crippen molar-refractivity contribution in [2.75, 3.05) is 13.7 Å². The molecule has 1 aromatic rings. The van der Waals surface area contributed by atoms with Crippen LogP contribution in [0.4, 0.5) is 0 Å². The van der Waals surface area contributed by atoms with E-state index >= 15 is 0 Å². The molecule has 0 radical (unpaired) electrons. The molecule has 8 nitrogen and oxygen atoms in total. The molecule has 0 heterocycles. The number of aliphatic carboxylic acids is 1. The summed E-state index contributed by atoms with van der Waals surface area (Å²) in [6, 6.07) is 5.31. The van der Waals surface area contributed by atoms with Crippen LogP contribution in [-0.2, 0) is 14.4 Å². The maximum absolute atomic E-state index is 11.6. The van der Waals surface area contributed by atoms with Gasteiger partial charge in [-0.3, -0.25) is 9.59 Å². The van der Waals surface area contributed by atoms with Crippen LogP contribution >= 0.6 is 0 Å². The van der Waals surface area contributed by atoms with E-state index < -0.39 is 36.9 Å². The number of hydrogen-bond donors (Lipinski definition) is 3. The molecule has 8 heteroatoms. The summed E-state index contributed by atoms with van der Waals surface area (Å²) in [5.74, 6) is -2.07. The summed E-state index contributed by atoms with van der Waals surface area (Å²) in [7, 11) is 1.45. The van der Waals surface area contributed by atoms with Gasteiger partial charge in [-0.05, 0) is 12.1 Å². The molecule has 0 fully saturated rings. The zero-order valence-corrected chi connectivity index (χ0v) is 11.4. The third-order valence-electron chi connectivity index (χ3n) is 2.47. The fraction of sp³-hybridized carbons (Fsp3) is 0.308. The molecular weight excluding hydrogens is 280 g/mol. The Labute approximate surface area is 120 Å². The number of nitrogens with two attached hydrogens (primary N) is 1. The van der Waals surface area contributed by atoms with Crippen molar-refractivity contribution in [3.8, 4) is 11.5 Å². The summed E-state index contributed by atoms with van der Waals surface area (Å²) in [6.07, 6.45) is -0.490. The van der Waals surface area contributed by atoms with Crippen LogP contribution in [0.5, 0.6) is 11.5 Å². The molecule has 0 saturated heterocycles. The van der Waals surface area contributed by atoms with Crippen molar-refractivity contribution in [2.45, 2.75) is 12.5 Å². The monoisotopic (exact) mass is 296 g/mol. The smallest absolute Gasteiger partial charge is 0.326 e. The molecule has 1 rings (SSSR count). The SMILES string of the molecule is COc1ccccc1OCC(=O)N[C@H](CC(N)=O)C(=O)O. The van der Waals surface area contributed by atoms with E-state index in [1.165, 1.54) is 7.11 Å². The van der Waals surface area contributed by atoms with Gasteiger partial charge in [-0.1, -0.05) is 12.1 Å². The van der Waals surface area contributed by atoms with Crippen LogP contribution in [0.15, 0.2) is 24.3 Å². The number of carboxylic acid groups (broad SMARTS) is 1. The highest BCUT2D eigenvalue weighted by molar-refractivity contribution is 5.88. The summed E-state index contributed by atoms with van der Waals surface area (Å²) in [6.45, 7) is -0.414. The average molecular weight is 296 g/mol. The Morgan fingerprint density at radius 3 is 2.43 bits per heavy atom. The van der Waals surface area contributed by atoms with E-state index in [0.717, 1.165) is 0 Å². The highest BCUT2D eigenvalue weighted by Gasteiger charge is 2.22. The van der Waals surface area contributed by atoms with E-state index in [1.807, 2.05) is 0 Å². The summed E-state index contributed by atoms with van der Waals surface area (Å²) < 4.78 is 10.3. The van der Waals surface area contributed by atoms with E-state index in [9.17, 15) is 14.4 Å². The number of carbonyl (C=O) groups is 3. The molecule has 2 amide bonds. The van der Waals surface area contributed by atoms with E-state index in [2.05, 4.69) is 5.32 Å². The highest BCUT2D eigenvalue weighted by Crippen LogP contribution is 2.25. The van der Waals surface area contributed by atoms with Crippen LogP contribution in [0.2, 0.25) is 0 Å². The third kappa shape index (κ3) is 5.39. The number of carboxylic acids is 1. The molecule has 0 aromatic heterocycles. The second-order valence-electron chi connectivity index (χ2n) is 4.07. The second-order valence-corrected chi connectivity index (χ2v) is 4.07. The second kappa shape index (κ2) is 7.73. The lowest BCUT2D eigenvalue weighted by Crippen LogP contribution is -2.45. The molecular formula is C13H16N2O6. The minimum atomic E-state index is -1.38. The molecule has 0 saturated carbocycles. The van der Waals surface area contributed by atoms with E-state index in [0.29, 0.717) is 11.5 Å². The first-order valence-corrected chi connectivity index (χ1v) is 6.00.